The quantitative estimate of drug-likeness (QED) is 0.428. The summed E-state index contributed by atoms with van der Waals surface area (Å²) in [5, 5.41) is 13.1. The van der Waals surface area contributed by atoms with E-state index in [1.807, 2.05) is 60.7 Å². The third-order valence-electron chi connectivity index (χ3n) is 4.50. The molecule has 1 saturated heterocycles. The van der Waals surface area contributed by atoms with Gasteiger partial charge in [-0.3, -0.25) is 0 Å². The number of rotatable bonds is 4. The van der Waals surface area contributed by atoms with E-state index < -0.39 is 0 Å². The van der Waals surface area contributed by atoms with Crippen molar-refractivity contribution in [1.29, 1.82) is 0 Å². The topological polar surface area (TPSA) is 52.3 Å². The molecule has 1 fully saturated rings. The summed E-state index contributed by atoms with van der Waals surface area (Å²) in [5.41, 5.74) is 1.98. The van der Waals surface area contributed by atoms with Gasteiger partial charge in [0.2, 0.25) is 0 Å². The Morgan fingerprint density at radius 1 is 1.04 bits per heavy atom. The molecule has 0 bridgehead atoms. The van der Waals surface area contributed by atoms with Crippen molar-refractivity contribution >= 4 is 28.9 Å². The van der Waals surface area contributed by atoms with Gasteiger partial charge in [-0.2, -0.15) is 0 Å². The summed E-state index contributed by atoms with van der Waals surface area (Å²) in [6, 6.07) is 20.0. The number of quaternary nitrogens is 1. The molecule has 6 heteroatoms. The second kappa shape index (κ2) is 9.43. The normalized spacial score (nSPS) is 15.7. The molecule has 0 radical (unpaired) electrons. The second-order valence-electron chi connectivity index (χ2n) is 6.31. The highest BCUT2D eigenvalue weighted by molar-refractivity contribution is 7.80. The van der Waals surface area contributed by atoms with Crippen LogP contribution >= 0.6 is 12.2 Å². The maximum absolute atomic E-state index is 9.09. The van der Waals surface area contributed by atoms with Crippen LogP contribution in [0.1, 0.15) is 5.56 Å². The molecule has 0 aliphatic carbocycles. The van der Waals surface area contributed by atoms with Gasteiger partial charge in [-0.25, -0.2) is 4.99 Å². The number of aliphatic imine (C=N–C) groups is 1. The van der Waals surface area contributed by atoms with Crippen molar-refractivity contribution < 1.29 is 10.0 Å². The Morgan fingerprint density at radius 2 is 1.65 bits per heavy atom. The molecule has 0 atom stereocenters. The van der Waals surface area contributed by atoms with Crippen LogP contribution in [0.15, 0.2) is 65.7 Å². The molecule has 1 aliphatic heterocycles. The molecule has 0 spiro atoms. The summed E-state index contributed by atoms with van der Waals surface area (Å²) < 4.78 is 0. The number of anilines is 1. The van der Waals surface area contributed by atoms with Crippen molar-refractivity contribution in [2.24, 2.45) is 4.99 Å². The molecule has 5 nitrogen and oxygen atoms in total. The van der Waals surface area contributed by atoms with Gasteiger partial charge in [-0.05, 0) is 24.4 Å². The molecule has 0 aromatic heterocycles. The predicted molar refractivity (Wildman–Crippen MR) is 110 cm³/mol. The Bertz CT molecular complexity index is 728. The van der Waals surface area contributed by atoms with Crippen LogP contribution in [0.25, 0.3) is 0 Å². The number of nitrogens with zero attached hydrogens (tertiary/aromatic N) is 2. The van der Waals surface area contributed by atoms with Gasteiger partial charge in [0.15, 0.2) is 5.11 Å². The fourth-order valence-electron chi connectivity index (χ4n) is 3.01. The van der Waals surface area contributed by atoms with Gasteiger partial charge in [-0.1, -0.05) is 48.5 Å². The Kier molecular flexibility index (Phi) is 6.71. The molecule has 2 aromatic carbocycles. The van der Waals surface area contributed by atoms with E-state index in [0.29, 0.717) is 5.11 Å². The molecule has 0 unspecified atom stereocenters. The highest BCUT2D eigenvalue weighted by Crippen LogP contribution is 2.10. The highest BCUT2D eigenvalue weighted by atomic mass is 32.1. The zero-order chi connectivity index (χ0) is 18.2. The van der Waals surface area contributed by atoms with Crippen LogP contribution in [0.5, 0.6) is 0 Å². The van der Waals surface area contributed by atoms with Crippen molar-refractivity contribution in [3.05, 3.63) is 66.2 Å². The van der Waals surface area contributed by atoms with E-state index in [9.17, 15) is 0 Å². The molecule has 1 aliphatic rings. The third kappa shape index (κ3) is 5.11. The zero-order valence-electron chi connectivity index (χ0n) is 14.8. The van der Waals surface area contributed by atoms with Gasteiger partial charge >= 0.3 is 0 Å². The first kappa shape index (κ1) is 18.5. The minimum Gasteiger partial charge on any atom is -0.391 e. The first-order valence-electron chi connectivity index (χ1n) is 8.96. The second-order valence-corrected chi connectivity index (χ2v) is 6.68. The largest absolute Gasteiger partial charge is 0.391 e. The lowest BCUT2D eigenvalue weighted by molar-refractivity contribution is -0.904. The number of nitrogens with one attached hydrogen (secondary N) is 2. The van der Waals surface area contributed by atoms with Crippen molar-refractivity contribution in [2.45, 2.75) is 0 Å². The summed E-state index contributed by atoms with van der Waals surface area (Å²) >= 11 is 5.61. The zero-order valence-corrected chi connectivity index (χ0v) is 15.6. The first-order valence-corrected chi connectivity index (χ1v) is 9.36. The van der Waals surface area contributed by atoms with E-state index in [1.54, 1.807) is 0 Å². The molecule has 2 aromatic rings. The Morgan fingerprint density at radius 3 is 2.27 bits per heavy atom. The lowest BCUT2D eigenvalue weighted by Crippen LogP contribution is -3.15. The summed E-state index contributed by atoms with van der Waals surface area (Å²) in [5.74, 6) is 0.756. The number of aliphatic hydroxyl groups excluding tert-OH is 1. The number of thiocarbonyl (C=S) groups is 1. The SMILES string of the molecule is OCC[NH+]1CCN(C(=S)N=C(Nc2ccccc2)c2ccccc2)CC1. The van der Waals surface area contributed by atoms with Crippen LogP contribution in [0.3, 0.4) is 0 Å². The van der Waals surface area contributed by atoms with Crippen molar-refractivity contribution in [2.75, 3.05) is 44.6 Å². The molecule has 0 amide bonds. The number of aliphatic hydroxyl groups is 1. The number of hydrogen-bond donors (Lipinski definition) is 3. The van der Waals surface area contributed by atoms with Crippen molar-refractivity contribution in [3.8, 4) is 0 Å². The fourth-order valence-corrected chi connectivity index (χ4v) is 3.28. The lowest BCUT2D eigenvalue weighted by Gasteiger charge is -2.32. The molecule has 1 heterocycles. The van der Waals surface area contributed by atoms with Crippen molar-refractivity contribution in [3.63, 3.8) is 0 Å². The van der Waals surface area contributed by atoms with E-state index in [0.717, 1.165) is 49.8 Å². The van der Waals surface area contributed by atoms with Gasteiger partial charge in [0, 0.05) is 11.3 Å². The fraction of sp³-hybridized carbons (Fsp3) is 0.300. The van der Waals surface area contributed by atoms with Gasteiger partial charge < -0.3 is 20.2 Å². The monoisotopic (exact) mass is 369 g/mol. The summed E-state index contributed by atoms with van der Waals surface area (Å²) in [7, 11) is 0. The van der Waals surface area contributed by atoms with Gasteiger partial charge in [0.1, 0.15) is 12.4 Å². The number of amidine groups is 1. The Labute approximate surface area is 160 Å². The maximum atomic E-state index is 9.09. The highest BCUT2D eigenvalue weighted by Gasteiger charge is 2.21. The molecule has 3 rings (SSSR count). The average molecular weight is 370 g/mol. The van der Waals surface area contributed by atoms with E-state index in [1.165, 1.54) is 4.90 Å². The number of piperazine rings is 1. The first-order chi connectivity index (χ1) is 12.8. The maximum Gasteiger partial charge on any atom is 0.197 e. The van der Waals surface area contributed by atoms with Crippen LogP contribution in [-0.4, -0.2) is 60.3 Å². The molecule has 26 heavy (non-hydrogen) atoms. The van der Waals surface area contributed by atoms with Crippen LogP contribution in [0.2, 0.25) is 0 Å². The van der Waals surface area contributed by atoms with Crippen LogP contribution in [-0.2, 0) is 0 Å². The van der Waals surface area contributed by atoms with Gasteiger partial charge in [-0.15, -0.1) is 0 Å². The van der Waals surface area contributed by atoms with Crippen LogP contribution in [0, 0.1) is 0 Å². The Balaban J connectivity index is 1.75. The third-order valence-corrected chi connectivity index (χ3v) is 4.85. The molecule has 3 N–H and O–H groups in total. The van der Waals surface area contributed by atoms with Crippen LogP contribution < -0.4 is 10.2 Å². The summed E-state index contributed by atoms with van der Waals surface area (Å²) in [4.78, 5) is 8.30. The number of benzene rings is 2. The summed E-state index contributed by atoms with van der Waals surface area (Å²) in [6.07, 6.45) is 0. The molecule has 136 valence electrons. The average Bonchev–Trinajstić information content (AvgIpc) is 2.70. The van der Waals surface area contributed by atoms with E-state index >= 15 is 0 Å². The van der Waals surface area contributed by atoms with Gasteiger partial charge in [0.05, 0.1) is 32.8 Å². The number of hydrogen-bond acceptors (Lipinski definition) is 2. The van der Waals surface area contributed by atoms with E-state index in [-0.39, 0.29) is 6.61 Å². The Hall–Kier alpha value is -2.28. The summed E-state index contributed by atoms with van der Waals surface area (Å²) in [6.45, 7) is 4.72. The molecular weight excluding hydrogens is 344 g/mol. The number of para-hydroxylation sites is 1. The van der Waals surface area contributed by atoms with E-state index in [4.69, 9.17) is 22.3 Å². The smallest absolute Gasteiger partial charge is 0.197 e. The standard InChI is InChI=1S/C20H24N4OS/c25-16-15-23-11-13-24(14-12-23)20(26)22-19(17-7-3-1-4-8-17)21-18-9-5-2-6-10-18/h1-10,25H,11-16H2,(H,21,22,26)/p+1. The van der Waals surface area contributed by atoms with Gasteiger partial charge in [0.25, 0.3) is 0 Å². The molecular formula is C20H25N4OS+. The van der Waals surface area contributed by atoms with Crippen LogP contribution in [0.4, 0.5) is 5.69 Å². The molecule has 0 saturated carbocycles. The minimum absolute atomic E-state index is 0.233. The lowest BCUT2D eigenvalue weighted by atomic mass is 10.2. The van der Waals surface area contributed by atoms with E-state index in [2.05, 4.69) is 10.2 Å². The predicted octanol–water partition coefficient (Wildman–Crippen LogP) is 1.02. The minimum atomic E-state index is 0.233. The van der Waals surface area contributed by atoms with Crippen molar-refractivity contribution in [1.82, 2.24) is 4.90 Å².